The largest absolute Gasteiger partial charge is 0.543 e. The second-order valence-corrected chi connectivity index (χ2v) is 21.2. The topological polar surface area (TPSA) is 171 Å². The van der Waals surface area contributed by atoms with Gasteiger partial charge in [0.15, 0.2) is 29.1 Å². The molecule has 0 fully saturated rings. The van der Waals surface area contributed by atoms with E-state index in [0.29, 0.717) is 57.3 Å². The number of thioether (sulfide) groups is 1. The lowest BCUT2D eigenvalue weighted by molar-refractivity contribution is -0.144. The molecule has 12 nitrogen and oxygen atoms in total. The molecule has 4 N–H and O–H groups in total. The molecule has 0 saturated carbocycles. The molecule has 2 rings (SSSR count). The molecule has 0 aliphatic carbocycles. The summed E-state index contributed by atoms with van der Waals surface area (Å²) < 4.78 is 35.6. The molecule has 1 aromatic carbocycles. The van der Waals surface area contributed by atoms with Crippen LogP contribution in [-0.4, -0.2) is 66.7 Å². The van der Waals surface area contributed by atoms with Gasteiger partial charge >= 0.3 is 11.9 Å². The van der Waals surface area contributed by atoms with Crippen molar-refractivity contribution in [1.82, 2.24) is 10.1 Å². The average molecular weight is 739 g/mol. The van der Waals surface area contributed by atoms with Gasteiger partial charge in [-0.3, -0.25) is 0 Å². The van der Waals surface area contributed by atoms with Crippen molar-refractivity contribution in [2.45, 2.75) is 103 Å². The van der Waals surface area contributed by atoms with Gasteiger partial charge in [0.2, 0.25) is 24.0 Å². The molecule has 4 atom stereocenters. The third-order valence-electron chi connectivity index (χ3n) is 10.2. The number of esters is 2. The van der Waals surface area contributed by atoms with Crippen LogP contribution in [0, 0.1) is 18.8 Å². The predicted molar refractivity (Wildman–Crippen MR) is 200 cm³/mol. The zero-order valence-electron chi connectivity index (χ0n) is 31.6. The number of ether oxygens (including phenoxy) is 3. The van der Waals surface area contributed by atoms with Crippen molar-refractivity contribution in [2.75, 3.05) is 26.6 Å². The molecule has 49 heavy (non-hydrogen) atoms. The molecule has 0 amide bonds. The van der Waals surface area contributed by atoms with Crippen LogP contribution in [0.25, 0.3) is 0 Å². The highest BCUT2D eigenvalue weighted by molar-refractivity contribution is 7.98. The van der Waals surface area contributed by atoms with Gasteiger partial charge in [0.05, 0.1) is 25.8 Å². The molecular weight excluding hydrogens is 681 g/mol. The predicted octanol–water partition coefficient (Wildman–Crippen LogP) is 6.17. The van der Waals surface area contributed by atoms with Crippen molar-refractivity contribution < 1.29 is 37.2 Å². The van der Waals surface area contributed by atoms with E-state index in [0.717, 1.165) is 0 Å². The van der Waals surface area contributed by atoms with Gasteiger partial charge in [-0.2, -0.15) is 16.7 Å². The van der Waals surface area contributed by atoms with Crippen LogP contribution in [0.4, 0.5) is 0 Å². The number of methoxy groups -OCH3 is 2. The summed E-state index contributed by atoms with van der Waals surface area (Å²) >= 11 is 1.46. The summed E-state index contributed by atoms with van der Waals surface area (Å²) in [7, 11) is -0.980. The maximum Gasteiger partial charge on any atom is 0.338 e. The van der Waals surface area contributed by atoms with Gasteiger partial charge < -0.3 is 39.1 Å². The number of benzene rings is 1. The zero-order chi connectivity index (χ0) is 37.4. The van der Waals surface area contributed by atoms with E-state index in [1.165, 1.54) is 24.9 Å². The van der Waals surface area contributed by atoms with Gasteiger partial charge in [0, 0.05) is 22.6 Å². The number of nitrogens with zero attached hydrogens (tertiary/aromatic N) is 2. The standard InChI is InChI=1S/C34H58N4O8SSi2/c1-15-16-43-32(40)25(36)29-37-30(44-38-29)23(35)18-47-17-22-24(31(39)42-12)21(6)26(41-11)28(46-49(14)34(9,10)20(4)5)27(22)45-48(13)33(7,8)19(2)3/h15,19-20,23,25,48-49H,1,16-18,35-36H2,2-14H3. The van der Waals surface area contributed by atoms with Crippen LogP contribution < -0.4 is 25.1 Å². The summed E-state index contributed by atoms with van der Waals surface area (Å²) in [6, 6.07) is -1.93. The Morgan fingerprint density at radius 2 is 1.53 bits per heavy atom. The van der Waals surface area contributed by atoms with Crippen molar-refractivity contribution in [3.05, 3.63) is 41.1 Å². The molecule has 0 bridgehead atoms. The summed E-state index contributed by atoms with van der Waals surface area (Å²) in [5, 5.41) is 3.68. The van der Waals surface area contributed by atoms with E-state index in [1.807, 2.05) is 6.92 Å². The fourth-order valence-corrected chi connectivity index (χ4v) is 9.32. The zero-order valence-corrected chi connectivity index (χ0v) is 34.7. The highest BCUT2D eigenvalue weighted by Crippen LogP contribution is 2.51. The highest BCUT2D eigenvalue weighted by Gasteiger charge is 2.39. The number of hydrogen-bond donors (Lipinski definition) is 2. The Bertz CT molecular complexity index is 1450. The van der Waals surface area contributed by atoms with E-state index < -0.39 is 42.1 Å². The molecule has 0 aliphatic rings. The molecule has 0 radical (unpaired) electrons. The first kappa shape index (κ1) is 42.3. The van der Waals surface area contributed by atoms with Crippen LogP contribution in [-0.2, 0) is 20.0 Å². The van der Waals surface area contributed by atoms with E-state index in [4.69, 9.17) is 39.1 Å². The number of rotatable bonds is 19. The van der Waals surface area contributed by atoms with Gasteiger partial charge in [-0.25, -0.2) is 9.59 Å². The quantitative estimate of drug-likeness (QED) is 0.0953. The monoisotopic (exact) mass is 738 g/mol. The van der Waals surface area contributed by atoms with Gasteiger partial charge in [-0.1, -0.05) is 73.2 Å². The minimum Gasteiger partial charge on any atom is -0.543 e. The van der Waals surface area contributed by atoms with E-state index in [9.17, 15) is 9.59 Å². The fourth-order valence-electron chi connectivity index (χ4n) is 4.67. The van der Waals surface area contributed by atoms with Crippen molar-refractivity contribution in [3.63, 3.8) is 0 Å². The Morgan fingerprint density at radius 1 is 0.980 bits per heavy atom. The van der Waals surface area contributed by atoms with Crippen molar-refractivity contribution in [2.24, 2.45) is 23.3 Å². The fraction of sp³-hybridized carbons (Fsp3) is 0.647. The lowest BCUT2D eigenvalue weighted by Crippen LogP contribution is -2.37. The lowest BCUT2D eigenvalue weighted by Gasteiger charge is -2.38. The van der Waals surface area contributed by atoms with Crippen LogP contribution in [0.5, 0.6) is 17.2 Å². The maximum absolute atomic E-state index is 13.5. The summed E-state index contributed by atoms with van der Waals surface area (Å²) in [5.74, 6) is 1.76. The number of carbonyl (C=O) groups is 2. The summed E-state index contributed by atoms with van der Waals surface area (Å²) in [6.45, 7) is 27.4. The van der Waals surface area contributed by atoms with E-state index >= 15 is 0 Å². The molecule has 4 unspecified atom stereocenters. The van der Waals surface area contributed by atoms with Crippen molar-refractivity contribution in [1.29, 1.82) is 0 Å². The SMILES string of the molecule is C=CCOC(=O)C(N)c1noc(C(N)CSCc2c(O[SiH](C)C(C)(C)C(C)C)c(O[SiH](C)C(C)(C)C(C)C)c(OC)c(C)c2C(=O)OC)n1. The van der Waals surface area contributed by atoms with Crippen LogP contribution in [0.2, 0.25) is 23.2 Å². The number of hydrogen-bond acceptors (Lipinski definition) is 13. The normalized spacial score (nSPS) is 14.6. The van der Waals surface area contributed by atoms with Crippen molar-refractivity contribution >= 4 is 41.8 Å². The van der Waals surface area contributed by atoms with Crippen LogP contribution >= 0.6 is 11.8 Å². The Hall–Kier alpha value is -2.86. The van der Waals surface area contributed by atoms with Crippen LogP contribution in [0.3, 0.4) is 0 Å². The van der Waals surface area contributed by atoms with Crippen molar-refractivity contribution in [3.8, 4) is 17.2 Å². The highest BCUT2D eigenvalue weighted by atomic mass is 32.2. The molecule has 15 heteroatoms. The first-order valence-electron chi connectivity index (χ1n) is 16.6. The average Bonchev–Trinajstić information content (AvgIpc) is 3.54. The Labute approximate surface area is 299 Å². The second kappa shape index (κ2) is 17.9. The second-order valence-electron chi connectivity index (χ2n) is 14.1. The molecule has 0 aliphatic heterocycles. The minimum atomic E-state index is -1.99. The van der Waals surface area contributed by atoms with Crippen LogP contribution in [0.15, 0.2) is 17.2 Å². The number of carbonyl (C=O) groups excluding carboxylic acids is 2. The number of aromatic nitrogens is 2. The Morgan fingerprint density at radius 3 is 2.02 bits per heavy atom. The Balaban J connectivity index is 2.64. The molecule has 1 heterocycles. The number of nitrogens with two attached hydrogens (primary N) is 2. The van der Waals surface area contributed by atoms with Gasteiger partial charge in [-0.05, 0) is 41.9 Å². The van der Waals surface area contributed by atoms with E-state index in [1.54, 1.807) is 7.11 Å². The smallest absolute Gasteiger partial charge is 0.338 e. The summed E-state index contributed by atoms with van der Waals surface area (Å²) in [4.78, 5) is 29.9. The molecule has 2 aromatic rings. The first-order valence-corrected chi connectivity index (χ1v) is 22.2. The molecule has 0 saturated heterocycles. The third kappa shape index (κ3) is 9.90. The molecule has 276 valence electrons. The summed E-state index contributed by atoms with van der Waals surface area (Å²) in [6.07, 6.45) is 1.43. The minimum absolute atomic E-state index is 0.0110. The van der Waals surface area contributed by atoms with Gasteiger partial charge in [0.25, 0.3) is 0 Å². The maximum atomic E-state index is 13.5. The first-order chi connectivity index (χ1) is 22.8. The third-order valence-corrected chi connectivity index (χ3v) is 17.9. The molecule has 1 aromatic heterocycles. The summed E-state index contributed by atoms with van der Waals surface area (Å²) in [5.41, 5.74) is 14.0. The molecular formula is C34H58N4O8SSi2. The van der Waals surface area contributed by atoms with Gasteiger partial charge in [-0.15, -0.1) is 0 Å². The van der Waals surface area contributed by atoms with Crippen LogP contribution in [0.1, 0.15) is 101 Å². The van der Waals surface area contributed by atoms with E-state index in [-0.39, 0.29) is 28.4 Å². The molecule has 0 spiro atoms. The lowest BCUT2D eigenvalue weighted by atomic mass is 9.99. The van der Waals surface area contributed by atoms with Gasteiger partial charge in [0.1, 0.15) is 6.61 Å². The Kier molecular flexibility index (Phi) is 15.4. The van der Waals surface area contributed by atoms with E-state index in [2.05, 4.69) is 85.2 Å².